The molecule has 108 valence electrons. The van der Waals surface area contributed by atoms with Gasteiger partial charge in [0.05, 0.1) is 12.7 Å². The summed E-state index contributed by atoms with van der Waals surface area (Å²) in [5.74, 6) is -1.09. The molecule has 0 aliphatic carbocycles. The lowest BCUT2D eigenvalue weighted by Gasteiger charge is -2.36. The van der Waals surface area contributed by atoms with Gasteiger partial charge in [-0.1, -0.05) is 30.3 Å². The number of carboxylic acids is 1. The highest BCUT2D eigenvalue weighted by Crippen LogP contribution is 2.16. The number of hydrogen-bond acceptors (Lipinski definition) is 4. The number of ether oxygens (including phenoxy) is 2. The van der Waals surface area contributed by atoms with E-state index in [4.69, 9.17) is 9.47 Å². The molecule has 1 aliphatic rings. The molecular formula is C14H17NO5. The zero-order valence-corrected chi connectivity index (χ0v) is 11.2. The first-order chi connectivity index (χ1) is 9.59. The highest BCUT2D eigenvalue weighted by molar-refractivity contribution is 5.80. The quantitative estimate of drug-likeness (QED) is 0.907. The lowest BCUT2D eigenvalue weighted by atomic mass is 10.1. The van der Waals surface area contributed by atoms with Gasteiger partial charge in [0, 0.05) is 6.54 Å². The molecule has 0 aromatic heterocycles. The molecule has 20 heavy (non-hydrogen) atoms. The van der Waals surface area contributed by atoms with Crippen LogP contribution < -0.4 is 0 Å². The Morgan fingerprint density at radius 3 is 2.75 bits per heavy atom. The topological polar surface area (TPSA) is 76.1 Å². The van der Waals surface area contributed by atoms with Gasteiger partial charge >= 0.3 is 12.1 Å². The molecule has 1 aliphatic heterocycles. The largest absolute Gasteiger partial charge is 0.480 e. The molecular weight excluding hydrogens is 262 g/mol. The van der Waals surface area contributed by atoms with Crippen LogP contribution in [0.4, 0.5) is 4.79 Å². The Balaban J connectivity index is 1.98. The van der Waals surface area contributed by atoms with E-state index in [1.807, 2.05) is 30.3 Å². The van der Waals surface area contributed by atoms with E-state index in [2.05, 4.69) is 0 Å². The summed E-state index contributed by atoms with van der Waals surface area (Å²) in [6, 6.07) is 8.23. The standard InChI is InChI=1S/C14H17NO5/c1-10-12(13(16)17)15(7-8-19-10)14(18)20-9-11-5-3-2-4-6-11/h2-6,10,12H,7-9H2,1H3,(H,16,17). The molecule has 6 heteroatoms. The van der Waals surface area contributed by atoms with E-state index in [1.165, 1.54) is 4.90 Å². The molecule has 1 amide bonds. The molecule has 1 aromatic carbocycles. The van der Waals surface area contributed by atoms with Crippen LogP contribution in [-0.2, 0) is 20.9 Å². The number of nitrogens with zero attached hydrogens (tertiary/aromatic N) is 1. The third kappa shape index (κ3) is 3.27. The first-order valence-corrected chi connectivity index (χ1v) is 6.41. The highest BCUT2D eigenvalue weighted by Gasteiger charge is 2.38. The Kier molecular flexibility index (Phi) is 4.57. The Labute approximate surface area is 116 Å². The minimum absolute atomic E-state index is 0.123. The average Bonchev–Trinajstić information content (AvgIpc) is 2.45. The highest BCUT2D eigenvalue weighted by atomic mass is 16.6. The number of carbonyl (C=O) groups is 2. The number of carboxylic acid groups (broad SMARTS) is 1. The van der Waals surface area contributed by atoms with Crippen LogP contribution in [0.25, 0.3) is 0 Å². The van der Waals surface area contributed by atoms with Crippen LogP contribution in [-0.4, -0.2) is 47.4 Å². The molecule has 0 spiro atoms. The van der Waals surface area contributed by atoms with Gasteiger partial charge in [0.1, 0.15) is 6.61 Å². The number of carbonyl (C=O) groups excluding carboxylic acids is 1. The van der Waals surface area contributed by atoms with Crippen molar-refractivity contribution in [2.75, 3.05) is 13.2 Å². The third-order valence-electron chi connectivity index (χ3n) is 3.19. The summed E-state index contributed by atoms with van der Waals surface area (Å²) in [5, 5.41) is 9.18. The minimum atomic E-state index is -1.09. The minimum Gasteiger partial charge on any atom is -0.480 e. The van der Waals surface area contributed by atoms with Crippen molar-refractivity contribution in [1.82, 2.24) is 4.90 Å². The van der Waals surface area contributed by atoms with E-state index < -0.39 is 24.2 Å². The van der Waals surface area contributed by atoms with Crippen LogP contribution in [0.5, 0.6) is 0 Å². The van der Waals surface area contributed by atoms with Crippen molar-refractivity contribution >= 4 is 12.1 Å². The summed E-state index contributed by atoms with van der Waals surface area (Å²) >= 11 is 0. The summed E-state index contributed by atoms with van der Waals surface area (Å²) < 4.78 is 10.4. The molecule has 6 nitrogen and oxygen atoms in total. The zero-order chi connectivity index (χ0) is 14.5. The fourth-order valence-electron chi connectivity index (χ4n) is 2.16. The number of hydrogen-bond donors (Lipinski definition) is 1. The van der Waals surface area contributed by atoms with Gasteiger partial charge in [-0.25, -0.2) is 9.59 Å². The molecule has 1 heterocycles. The summed E-state index contributed by atoms with van der Waals surface area (Å²) in [7, 11) is 0. The second kappa shape index (κ2) is 6.38. The smallest absolute Gasteiger partial charge is 0.411 e. The van der Waals surface area contributed by atoms with Crippen LogP contribution in [0.2, 0.25) is 0 Å². The van der Waals surface area contributed by atoms with E-state index >= 15 is 0 Å². The SMILES string of the molecule is CC1OCCN(C(=O)OCc2ccccc2)C1C(=O)O. The maximum atomic E-state index is 12.0. The van der Waals surface area contributed by atoms with Crippen molar-refractivity contribution in [2.24, 2.45) is 0 Å². The summed E-state index contributed by atoms with van der Waals surface area (Å²) in [6.45, 7) is 2.29. The summed E-state index contributed by atoms with van der Waals surface area (Å²) in [6.07, 6.45) is -1.18. The van der Waals surface area contributed by atoms with Crippen molar-refractivity contribution in [3.63, 3.8) is 0 Å². The number of rotatable bonds is 3. The van der Waals surface area contributed by atoms with Gasteiger partial charge in [0.25, 0.3) is 0 Å². The zero-order valence-electron chi connectivity index (χ0n) is 11.2. The van der Waals surface area contributed by atoms with Crippen LogP contribution >= 0.6 is 0 Å². The van der Waals surface area contributed by atoms with Crippen LogP contribution in [0.1, 0.15) is 12.5 Å². The second-order valence-electron chi connectivity index (χ2n) is 4.59. The summed E-state index contributed by atoms with van der Waals surface area (Å²) in [4.78, 5) is 24.4. The Morgan fingerprint density at radius 1 is 1.40 bits per heavy atom. The molecule has 2 atom stereocenters. The lowest BCUT2D eigenvalue weighted by molar-refractivity contribution is -0.154. The normalized spacial score (nSPS) is 22.4. The van der Waals surface area contributed by atoms with Crippen molar-refractivity contribution in [3.05, 3.63) is 35.9 Å². The third-order valence-corrected chi connectivity index (χ3v) is 3.19. The molecule has 0 saturated carbocycles. The van der Waals surface area contributed by atoms with E-state index in [1.54, 1.807) is 6.92 Å². The molecule has 1 fully saturated rings. The first kappa shape index (κ1) is 14.3. The molecule has 2 rings (SSSR count). The monoisotopic (exact) mass is 279 g/mol. The number of aliphatic carboxylic acids is 1. The van der Waals surface area contributed by atoms with Gasteiger partial charge in [0.2, 0.25) is 0 Å². The van der Waals surface area contributed by atoms with Gasteiger partial charge in [-0.05, 0) is 12.5 Å². The predicted molar refractivity (Wildman–Crippen MR) is 70.2 cm³/mol. The predicted octanol–water partition coefficient (Wildman–Crippen LogP) is 1.50. The maximum absolute atomic E-state index is 12.0. The molecule has 1 saturated heterocycles. The van der Waals surface area contributed by atoms with E-state index in [0.29, 0.717) is 6.61 Å². The fraction of sp³-hybridized carbons (Fsp3) is 0.429. The number of amides is 1. The molecule has 0 bridgehead atoms. The van der Waals surface area contributed by atoms with Crippen molar-refractivity contribution < 1.29 is 24.2 Å². The Bertz CT molecular complexity index is 476. The second-order valence-corrected chi connectivity index (χ2v) is 4.59. The van der Waals surface area contributed by atoms with Gasteiger partial charge in [0.15, 0.2) is 6.04 Å². The summed E-state index contributed by atoms with van der Waals surface area (Å²) in [5.41, 5.74) is 0.856. The van der Waals surface area contributed by atoms with Crippen LogP contribution in [0.15, 0.2) is 30.3 Å². The van der Waals surface area contributed by atoms with Crippen molar-refractivity contribution in [3.8, 4) is 0 Å². The molecule has 1 N–H and O–H groups in total. The molecule has 0 radical (unpaired) electrons. The lowest BCUT2D eigenvalue weighted by Crippen LogP contribution is -2.56. The van der Waals surface area contributed by atoms with Gasteiger partial charge in [-0.3, -0.25) is 4.90 Å². The van der Waals surface area contributed by atoms with Gasteiger partial charge in [-0.2, -0.15) is 0 Å². The van der Waals surface area contributed by atoms with E-state index in [-0.39, 0.29) is 13.2 Å². The Morgan fingerprint density at radius 2 is 2.10 bits per heavy atom. The van der Waals surface area contributed by atoms with Crippen LogP contribution in [0.3, 0.4) is 0 Å². The first-order valence-electron chi connectivity index (χ1n) is 6.41. The van der Waals surface area contributed by atoms with Gasteiger partial charge < -0.3 is 14.6 Å². The van der Waals surface area contributed by atoms with Crippen LogP contribution in [0, 0.1) is 0 Å². The number of morpholine rings is 1. The van der Waals surface area contributed by atoms with Crippen molar-refractivity contribution in [2.45, 2.75) is 25.7 Å². The van der Waals surface area contributed by atoms with E-state index in [9.17, 15) is 14.7 Å². The average molecular weight is 279 g/mol. The van der Waals surface area contributed by atoms with Crippen molar-refractivity contribution in [1.29, 1.82) is 0 Å². The van der Waals surface area contributed by atoms with Gasteiger partial charge in [-0.15, -0.1) is 0 Å². The van der Waals surface area contributed by atoms with E-state index in [0.717, 1.165) is 5.56 Å². The Hall–Kier alpha value is -2.08. The fourth-order valence-corrected chi connectivity index (χ4v) is 2.16. The maximum Gasteiger partial charge on any atom is 0.411 e. The number of benzene rings is 1. The molecule has 2 unspecified atom stereocenters. The molecule has 1 aromatic rings.